The van der Waals surface area contributed by atoms with E-state index >= 15 is 0 Å². The molecule has 0 saturated heterocycles. The van der Waals surface area contributed by atoms with Crippen molar-refractivity contribution in [2.75, 3.05) is 18.0 Å². The van der Waals surface area contributed by atoms with Gasteiger partial charge in [-0.2, -0.15) is 0 Å². The van der Waals surface area contributed by atoms with Crippen LogP contribution in [0, 0.1) is 11.8 Å². The summed E-state index contributed by atoms with van der Waals surface area (Å²) in [6, 6.07) is 0.0844. The Bertz CT molecular complexity index is 321. The van der Waals surface area contributed by atoms with E-state index in [4.69, 9.17) is 5.73 Å². The Morgan fingerprint density at radius 1 is 1.18 bits per heavy atom. The summed E-state index contributed by atoms with van der Waals surface area (Å²) >= 11 is 1.72. The molecule has 0 spiro atoms. The molecule has 0 radical (unpaired) electrons. The molecule has 0 aliphatic heterocycles. The lowest BCUT2D eigenvalue weighted by Gasteiger charge is -2.25. The van der Waals surface area contributed by atoms with E-state index in [-0.39, 0.29) is 6.04 Å². The van der Waals surface area contributed by atoms with Crippen LogP contribution in [-0.4, -0.2) is 18.1 Å². The van der Waals surface area contributed by atoms with Crippen LogP contribution in [0.4, 0.5) is 5.13 Å². The molecule has 1 unspecified atom stereocenters. The molecule has 98 valence electrons. The van der Waals surface area contributed by atoms with E-state index in [1.54, 1.807) is 11.3 Å². The van der Waals surface area contributed by atoms with Crippen LogP contribution in [0.2, 0.25) is 0 Å². The van der Waals surface area contributed by atoms with Crippen LogP contribution in [0.1, 0.15) is 45.5 Å². The summed E-state index contributed by atoms with van der Waals surface area (Å²) in [5, 5.41) is 1.11. The van der Waals surface area contributed by atoms with Crippen LogP contribution >= 0.6 is 11.3 Å². The van der Waals surface area contributed by atoms with E-state index in [0.717, 1.165) is 23.1 Å². The summed E-state index contributed by atoms with van der Waals surface area (Å²) in [6.07, 6.45) is 1.92. The fraction of sp³-hybridized carbons (Fsp3) is 0.769. The minimum Gasteiger partial charge on any atom is -0.348 e. The Labute approximate surface area is 109 Å². The van der Waals surface area contributed by atoms with E-state index in [2.05, 4.69) is 37.6 Å². The lowest BCUT2D eigenvalue weighted by Crippen LogP contribution is -2.31. The number of anilines is 1. The zero-order valence-electron chi connectivity index (χ0n) is 11.6. The van der Waals surface area contributed by atoms with Crippen LogP contribution in [0.3, 0.4) is 0 Å². The van der Waals surface area contributed by atoms with Crippen LogP contribution in [0.15, 0.2) is 6.20 Å². The van der Waals surface area contributed by atoms with Crippen molar-refractivity contribution in [1.82, 2.24) is 4.98 Å². The van der Waals surface area contributed by atoms with Gasteiger partial charge in [-0.1, -0.05) is 27.7 Å². The summed E-state index contributed by atoms with van der Waals surface area (Å²) in [5.41, 5.74) is 5.88. The molecule has 0 aromatic carbocycles. The summed E-state index contributed by atoms with van der Waals surface area (Å²) < 4.78 is 0. The topological polar surface area (TPSA) is 42.2 Å². The van der Waals surface area contributed by atoms with Crippen LogP contribution in [0.25, 0.3) is 0 Å². The highest BCUT2D eigenvalue weighted by atomic mass is 32.1. The molecule has 1 heterocycles. The number of hydrogen-bond donors (Lipinski definition) is 1. The summed E-state index contributed by atoms with van der Waals surface area (Å²) in [4.78, 5) is 8.05. The van der Waals surface area contributed by atoms with E-state index in [9.17, 15) is 0 Å². The van der Waals surface area contributed by atoms with Crippen molar-refractivity contribution < 1.29 is 0 Å². The molecule has 17 heavy (non-hydrogen) atoms. The van der Waals surface area contributed by atoms with Crippen molar-refractivity contribution >= 4 is 16.5 Å². The Hall–Kier alpha value is -0.610. The first-order valence-electron chi connectivity index (χ1n) is 6.36. The summed E-state index contributed by atoms with van der Waals surface area (Å²) in [5.74, 6) is 1.30. The first-order chi connectivity index (χ1) is 7.90. The molecule has 1 aromatic rings. The fourth-order valence-corrected chi connectivity index (χ4v) is 2.63. The molecule has 2 N–H and O–H groups in total. The molecule has 1 rings (SSSR count). The van der Waals surface area contributed by atoms with Gasteiger partial charge in [0, 0.05) is 30.2 Å². The van der Waals surface area contributed by atoms with Gasteiger partial charge in [-0.15, -0.1) is 11.3 Å². The maximum absolute atomic E-state index is 5.88. The minimum atomic E-state index is 0.0844. The molecule has 0 aliphatic rings. The molecule has 0 bridgehead atoms. The Morgan fingerprint density at radius 2 is 1.71 bits per heavy atom. The Kier molecular flexibility index (Phi) is 5.40. The number of aromatic nitrogens is 1. The van der Waals surface area contributed by atoms with Gasteiger partial charge in [0.1, 0.15) is 0 Å². The van der Waals surface area contributed by atoms with Crippen LogP contribution in [0.5, 0.6) is 0 Å². The average molecular weight is 255 g/mol. The van der Waals surface area contributed by atoms with Crippen molar-refractivity contribution in [3.05, 3.63) is 11.1 Å². The van der Waals surface area contributed by atoms with Crippen molar-refractivity contribution in [2.45, 2.75) is 40.7 Å². The van der Waals surface area contributed by atoms with Gasteiger partial charge in [0.15, 0.2) is 5.13 Å². The molecule has 3 nitrogen and oxygen atoms in total. The lowest BCUT2D eigenvalue weighted by atomic mass is 10.1. The fourth-order valence-electron chi connectivity index (χ4n) is 1.75. The molecule has 4 heteroatoms. The number of rotatable bonds is 6. The van der Waals surface area contributed by atoms with E-state index < -0.39 is 0 Å². The second-order valence-corrected chi connectivity index (χ2v) is 6.57. The van der Waals surface area contributed by atoms with Gasteiger partial charge < -0.3 is 10.6 Å². The average Bonchev–Trinajstić information content (AvgIpc) is 2.63. The number of thiazole rings is 1. The summed E-state index contributed by atoms with van der Waals surface area (Å²) in [6.45, 7) is 13.1. The van der Waals surface area contributed by atoms with Crippen molar-refractivity contribution in [1.29, 1.82) is 0 Å². The number of hydrogen-bond acceptors (Lipinski definition) is 4. The zero-order valence-corrected chi connectivity index (χ0v) is 12.4. The minimum absolute atomic E-state index is 0.0844. The zero-order chi connectivity index (χ0) is 13.0. The summed E-state index contributed by atoms with van der Waals surface area (Å²) in [7, 11) is 0. The lowest BCUT2D eigenvalue weighted by molar-refractivity contribution is 0.552. The maximum atomic E-state index is 5.88. The van der Waals surface area contributed by atoms with E-state index in [0.29, 0.717) is 11.8 Å². The largest absolute Gasteiger partial charge is 0.348 e. The van der Waals surface area contributed by atoms with Gasteiger partial charge in [-0.3, -0.25) is 0 Å². The van der Waals surface area contributed by atoms with Crippen LogP contribution < -0.4 is 10.6 Å². The predicted molar refractivity (Wildman–Crippen MR) is 76.6 cm³/mol. The van der Waals surface area contributed by atoms with Crippen molar-refractivity contribution in [3.8, 4) is 0 Å². The standard InChI is InChI=1S/C13H25N3S/c1-9(2)7-16(8-10(3)4)13-15-6-12(17-13)11(5)14/h6,9-11H,7-8,14H2,1-5H3. The van der Waals surface area contributed by atoms with Gasteiger partial charge in [-0.05, 0) is 18.8 Å². The third-order valence-electron chi connectivity index (χ3n) is 2.40. The Balaban J connectivity index is 2.80. The van der Waals surface area contributed by atoms with Gasteiger partial charge in [0.2, 0.25) is 0 Å². The normalized spacial score (nSPS) is 13.4. The molecule has 0 amide bonds. The highest BCUT2D eigenvalue weighted by Gasteiger charge is 2.15. The van der Waals surface area contributed by atoms with Crippen molar-refractivity contribution in [3.63, 3.8) is 0 Å². The van der Waals surface area contributed by atoms with Gasteiger partial charge in [0.25, 0.3) is 0 Å². The highest BCUT2D eigenvalue weighted by Crippen LogP contribution is 2.27. The molecule has 0 aliphatic carbocycles. The van der Waals surface area contributed by atoms with Gasteiger partial charge in [-0.25, -0.2) is 4.98 Å². The molecular formula is C13H25N3S. The molecule has 0 saturated carbocycles. The van der Waals surface area contributed by atoms with Crippen LogP contribution in [-0.2, 0) is 0 Å². The van der Waals surface area contributed by atoms with E-state index in [1.807, 2.05) is 13.1 Å². The first kappa shape index (κ1) is 14.5. The monoisotopic (exact) mass is 255 g/mol. The van der Waals surface area contributed by atoms with E-state index in [1.165, 1.54) is 0 Å². The second kappa shape index (κ2) is 6.36. The van der Waals surface area contributed by atoms with Gasteiger partial charge >= 0.3 is 0 Å². The smallest absolute Gasteiger partial charge is 0.185 e. The third-order valence-corrected chi connectivity index (χ3v) is 3.66. The second-order valence-electron chi connectivity index (χ2n) is 5.53. The Morgan fingerprint density at radius 3 is 2.06 bits per heavy atom. The molecule has 1 aromatic heterocycles. The van der Waals surface area contributed by atoms with Gasteiger partial charge in [0.05, 0.1) is 0 Å². The molecule has 0 fully saturated rings. The number of nitrogens with two attached hydrogens (primary N) is 1. The quantitative estimate of drug-likeness (QED) is 0.848. The highest BCUT2D eigenvalue weighted by molar-refractivity contribution is 7.15. The maximum Gasteiger partial charge on any atom is 0.185 e. The third kappa shape index (κ3) is 4.64. The predicted octanol–water partition coefficient (Wildman–Crippen LogP) is 3.28. The van der Waals surface area contributed by atoms with Crippen molar-refractivity contribution in [2.24, 2.45) is 17.6 Å². The SMILES string of the molecule is CC(C)CN(CC(C)C)c1ncc(C(C)N)s1. The number of nitrogens with zero attached hydrogens (tertiary/aromatic N) is 2. The molecule has 1 atom stereocenters. The first-order valence-corrected chi connectivity index (χ1v) is 7.18. The molecular weight excluding hydrogens is 230 g/mol.